The Bertz CT molecular complexity index is 758. The van der Waals surface area contributed by atoms with Crippen LogP contribution in [0.3, 0.4) is 0 Å². The van der Waals surface area contributed by atoms with Gasteiger partial charge in [0.1, 0.15) is 6.54 Å². The molecule has 0 aliphatic carbocycles. The van der Waals surface area contributed by atoms with Crippen molar-refractivity contribution in [2.75, 3.05) is 13.7 Å². The van der Waals surface area contributed by atoms with Crippen molar-refractivity contribution in [2.45, 2.75) is 4.90 Å². The van der Waals surface area contributed by atoms with Crippen LogP contribution in [0, 0.1) is 0 Å². The van der Waals surface area contributed by atoms with Crippen molar-refractivity contribution >= 4 is 38.4 Å². The summed E-state index contributed by atoms with van der Waals surface area (Å²) in [6, 6.07) is 9.80. The first-order chi connectivity index (χ1) is 9.42. The van der Waals surface area contributed by atoms with Crippen molar-refractivity contribution < 1.29 is 17.9 Å². The second-order valence-electron chi connectivity index (χ2n) is 4.05. The summed E-state index contributed by atoms with van der Waals surface area (Å²) in [5.41, 5.74) is 0. The minimum absolute atomic E-state index is 0.0798. The molecule has 0 aliphatic rings. The van der Waals surface area contributed by atoms with Crippen LogP contribution in [0.4, 0.5) is 0 Å². The van der Waals surface area contributed by atoms with E-state index >= 15 is 0 Å². The van der Waals surface area contributed by atoms with Crippen LogP contribution in [-0.4, -0.2) is 28.0 Å². The van der Waals surface area contributed by atoms with E-state index in [1.165, 1.54) is 19.2 Å². The maximum atomic E-state index is 12.0. The summed E-state index contributed by atoms with van der Waals surface area (Å²) in [5, 5.41) is 2.16. The number of ether oxygens (including phenoxy) is 1. The number of carbonyl (C=O) groups is 1. The molecule has 7 heteroatoms. The maximum Gasteiger partial charge on any atom is 0.320 e. The number of sulfonamides is 1. The summed E-state index contributed by atoms with van der Waals surface area (Å²) >= 11 is 5.87. The van der Waals surface area contributed by atoms with Gasteiger partial charge in [-0.25, -0.2) is 8.42 Å². The Kier molecular flexibility index (Phi) is 4.27. The minimum atomic E-state index is -3.75. The molecule has 0 fully saturated rings. The summed E-state index contributed by atoms with van der Waals surface area (Å²) in [6.45, 7) is -0.405. The van der Waals surface area contributed by atoms with Crippen molar-refractivity contribution in [3.05, 3.63) is 41.4 Å². The van der Waals surface area contributed by atoms with Crippen LogP contribution < -0.4 is 4.72 Å². The van der Waals surface area contributed by atoms with Gasteiger partial charge in [-0.3, -0.25) is 4.79 Å². The van der Waals surface area contributed by atoms with Crippen LogP contribution in [0.5, 0.6) is 0 Å². The monoisotopic (exact) mass is 313 g/mol. The van der Waals surface area contributed by atoms with Crippen LogP contribution in [0.15, 0.2) is 41.3 Å². The van der Waals surface area contributed by atoms with E-state index in [1.54, 1.807) is 24.3 Å². The Morgan fingerprint density at radius 1 is 1.20 bits per heavy atom. The largest absolute Gasteiger partial charge is 0.468 e. The smallest absolute Gasteiger partial charge is 0.320 e. The number of fused-ring (bicyclic) bond motifs is 1. The number of carbonyl (C=O) groups excluding carboxylic acids is 1. The van der Waals surface area contributed by atoms with Crippen LogP contribution in [0.25, 0.3) is 10.8 Å². The Morgan fingerprint density at radius 2 is 1.85 bits per heavy atom. The molecular formula is C13H12ClNO4S. The second-order valence-corrected chi connectivity index (χ2v) is 6.26. The number of nitrogens with one attached hydrogen (secondary N) is 1. The molecule has 0 saturated carbocycles. The molecule has 0 unspecified atom stereocenters. The number of halogens is 1. The van der Waals surface area contributed by atoms with Crippen LogP contribution in [0.2, 0.25) is 5.02 Å². The van der Waals surface area contributed by atoms with E-state index in [0.717, 1.165) is 10.8 Å². The minimum Gasteiger partial charge on any atom is -0.468 e. The fraction of sp³-hybridized carbons (Fsp3) is 0.154. The highest BCUT2D eigenvalue weighted by Crippen LogP contribution is 2.22. The molecule has 0 atom stereocenters. The fourth-order valence-corrected chi connectivity index (χ4v) is 2.86. The van der Waals surface area contributed by atoms with Crippen molar-refractivity contribution in [3.63, 3.8) is 0 Å². The predicted octanol–water partition coefficient (Wildman–Crippen LogP) is 1.94. The van der Waals surface area contributed by atoms with Gasteiger partial charge in [0.15, 0.2) is 0 Å². The summed E-state index contributed by atoms with van der Waals surface area (Å²) in [7, 11) is -2.56. The lowest BCUT2D eigenvalue weighted by Crippen LogP contribution is -2.30. The molecule has 0 aliphatic heterocycles. The highest BCUT2D eigenvalue weighted by Gasteiger charge is 2.16. The van der Waals surface area contributed by atoms with Gasteiger partial charge >= 0.3 is 5.97 Å². The third kappa shape index (κ3) is 3.27. The molecule has 0 radical (unpaired) electrons. The number of hydrogen-bond acceptors (Lipinski definition) is 4. The van der Waals surface area contributed by atoms with E-state index in [1.807, 2.05) is 0 Å². The molecule has 20 heavy (non-hydrogen) atoms. The quantitative estimate of drug-likeness (QED) is 0.876. The van der Waals surface area contributed by atoms with Crippen molar-refractivity contribution in [1.29, 1.82) is 0 Å². The van der Waals surface area contributed by atoms with Gasteiger partial charge in [0.2, 0.25) is 10.0 Å². The lowest BCUT2D eigenvalue weighted by atomic mass is 10.1. The number of rotatable bonds is 4. The van der Waals surface area contributed by atoms with Crippen molar-refractivity contribution in [2.24, 2.45) is 0 Å². The number of benzene rings is 2. The molecule has 106 valence electrons. The SMILES string of the molecule is COC(=O)CNS(=O)(=O)c1ccc2cc(Cl)ccc2c1. The normalized spacial score (nSPS) is 11.5. The molecular weight excluding hydrogens is 302 g/mol. The first kappa shape index (κ1) is 14.8. The van der Waals surface area contributed by atoms with E-state index in [-0.39, 0.29) is 4.90 Å². The molecule has 0 aromatic heterocycles. The van der Waals surface area contributed by atoms with Crippen LogP contribution in [-0.2, 0) is 19.6 Å². The zero-order chi connectivity index (χ0) is 14.8. The average Bonchev–Trinajstić information content (AvgIpc) is 2.44. The molecule has 2 rings (SSSR count). The third-order valence-electron chi connectivity index (χ3n) is 2.72. The molecule has 0 heterocycles. The second kappa shape index (κ2) is 5.78. The zero-order valence-electron chi connectivity index (χ0n) is 10.6. The third-order valence-corrected chi connectivity index (χ3v) is 4.35. The van der Waals surface area contributed by atoms with Gasteiger partial charge in [-0.1, -0.05) is 23.7 Å². The number of hydrogen-bond donors (Lipinski definition) is 1. The lowest BCUT2D eigenvalue weighted by molar-refractivity contribution is -0.139. The van der Waals surface area contributed by atoms with Gasteiger partial charge in [-0.2, -0.15) is 4.72 Å². The van der Waals surface area contributed by atoms with E-state index in [9.17, 15) is 13.2 Å². The number of methoxy groups -OCH3 is 1. The van der Waals surface area contributed by atoms with E-state index < -0.39 is 22.5 Å². The molecule has 1 N–H and O–H groups in total. The van der Waals surface area contributed by atoms with Gasteiger partial charge in [0.05, 0.1) is 12.0 Å². The Hall–Kier alpha value is -1.63. The Morgan fingerprint density at radius 3 is 2.55 bits per heavy atom. The molecule has 0 bridgehead atoms. The van der Waals surface area contributed by atoms with Gasteiger partial charge in [0.25, 0.3) is 0 Å². The molecule has 0 amide bonds. The summed E-state index contributed by atoms with van der Waals surface area (Å²) in [5.74, 6) is -0.652. The first-order valence-electron chi connectivity index (χ1n) is 5.68. The maximum absolute atomic E-state index is 12.0. The van der Waals surface area contributed by atoms with Gasteiger partial charge < -0.3 is 4.74 Å². The molecule has 2 aromatic rings. The van der Waals surface area contributed by atoms with Crippen LogP contribution in [0.1, 0.15) is 0 Å². The van der Waals surface area contributed by atoms with Gasteiger partial charge in [-0.15, -0.1) is 0 Å². The zero-order valence-corrected chi connectivity index (χ0v) is 12.2. The van der Waals surface area contributed by atoms with Crippen molar-refractivity contribution in [3.8, 4) is 0 Å². The predicted molar refractivity (Wildman–Crippen MR) is 76.2 cm³/mol. The van der Waals surface area contributed by atoms with Crippen LogP contribution >= 0.6 is 11.6 Å². The molecule has 5 nitrogen and oxygen atoms in total. The van der Waals surface area contributed by atoms with Crippen molar-refractivity contribution in [1.82, 2.24) is 4.72 Å². The summed E-state index contributed by atoms with van der Waals surface area (Å²) in [6.07, 6.45) is 0. The first-order valence-corrected chi connectivity index (χ1v) is 7.54. The topological polar surface area (TPSA) is 72.5 Å². The Balaban J connectivity index is 2.32. The lowest BCUT2D eigenvalue weighted by Gasteiger charge is -2.07. The highest BCUT2D eigenvalue weighted by atomic mass is 35.5. The summed E-state index contributed by atoms with van der Waals surface area (Å²) < 4.78 is 30.6. The van der Waals surface area contributed by atoms with E-state index in [4.69, 9.17) is 11.6 Å². The Labute approximate surface area is 121 Å². The van der Waals surface area contributed by atoms with Gasteiger partial charge in [-0.05, 0) is 35.0 Å². The molecule has 0 saturated heterocycles. The highest BCUT2D eigenvalue weighted by molar-refractivity contribution is 7.89. The average molecular weight is 314 g/mol. The summed E-state index contributed by atoms with van der Waals surface area (Å²) in [4.78, 5) is 11.1. The number of esters is 1. The standard InChI is InChI=1S/C13H12ClNO4S/c1-19-13(16)8-15-20(17,18)12-5-3-9-6-11(14)4-2-10(9)7-12/h2-7,15H,8H2,1H3. The fourth-order valence-electron chi connectivity index (χ4n) is 1.67. The molecule has 0 spiro atoms. The van der Waals surface area contributed by atoms with E-state index in [2.05, 4.69) is 9.46 Å². The molecule has 2 aromatic carbocycles. The van der Waals surface area contributed by atoms with Gasteiger partial charge in [0, 0.05) is 5.02 Å². The van der Waals surface area contributed by atoms with E-state index in [0.29, 0.717) is 5.02 Å².